The summed E-state index contributed by atoms with van der Waals surface area (Å²) < 4.78 is 45.9. The first-order valence-corrected chi connectivity index (χ1v) is 8.33. The summed E-state index contributed by atoms with van der Waals surface area (Å²) in [6.07, 6.45) is 0. The fraction of sp³-hybridized carbons (Fsp3) is 0.353. The molecule has 0 atom stereocenters. The molecule has 1 aromatic heterocycles. The molecule has 0 aliphatic rings. The minimum absolute atomic E-state index is 0.0177. The molecule has 2 rings (SSSR count). The summed E-state index contributed by atoms with van der Waals surface area (Å²) in [5, 5.41) is 6.23. The van der Waals surface area contributed by atoms with Crippen LogP contribution in [0.2, 0.25) is 5.15 Å². The molecule has 0 radical (unpaired) electrons. The second kappa shape index (κ2) is 8.43. The van der Waals surface area contributed by atoms with E-state index < -0.39 is 41.6 Å². The van der Waals surface area contributed by atoms with Gasteiger partial charge in [0.05, 0.1) is 11.4 Å². The number of anilines is 1. The Hall–Kier alpha value is -2.55. The number of aromatic nitrogens is 2. The highest BCUT2D eigenvalue weighted by atomic mass is 35.5. The normalized spacial score (nSPS) is 11.0. The molecule has 0 bridgehead atoms. The number of benzene rings is 1. The highest BCUT2D eigenvalue weighted by Crippen LogP contribution is 2.22. The van der Waals surface area contributed by atoms with Crippen LogP contribution in [0.5, 0.6) is 0 Å². The predicted molar refractivity (Wildman–Crippen MR) is 92.0 cm³/mol. The maximum Gasteiger partial charge on any atom is 0.343 e. The third-order valence-corrected chi connectivity index (χ3v) is 3.84. The van der Waals surface area contributed by atoms with Gasteiger partial charge >= 0.3 is 5.97 Å². The summed E-state index contributed by atoms with van der Waals surface area (Å²) in [7, 11) is 0. The van der Waals surface area contributed by atoms with Crippen LogP contribution >= 0.6 is 11.6 Å². The van der Waals surface area contributed by atoms with Crippen LogP contribution in [0.1, 0.15) is 29.9 Å². The molecule has 0 aliphatic carbocycles. The van der Waals surface area contributed by atoms with E-state index in [2.05, 4.69) is 5.10 Å². The Balaban J connectivity index is 2.03. The summed E-state index contributed by atoms with van der Waals surface area (Å²) >= 11 is 6.14. The van der Waals surface area contributed by atoms with Crippen LogP contribution < -0.4 is 5.32 Å². The second-order valence-electron chi connectivity index (χ2n) is 6.17. The van der Waals surface area contributed by atoms with E-state index in [0.717, 1.165) is 6.07 Å². The van der Waals surface area contributed by atoms with Crippen molar-refractivity contribution in [2.24, 2.45) is 5.92 Å². The van der Waals surface area contributed by atoms with Gasteiger partial charge in [0.1, 0.15) is 10.7 Å². The third-order valence-electron chi connectivity index (χ3n) is 3.45. The average Bonchev–Trinajstić information content (AvgIpc) is 2.86. The molecule has 1 heterocycles. The van der Waals surface area contributed by atoms with Gasteiger partial charge in [0.15, 0.2) is 24.1 Å². The van der Waals surface area contributed by atoms with Crippen LogP contribution in [0, 0.1) is 30.3 Å². The Labute approximate surface area is 158 Å². The minimum atomic E-state index is -1.72. The summed E-state index contributed by atoms with van der Waals surface area (Å²) in [4.78, 5) is 24.0. The minimum Gasteiger partial charge on any atom is -0.452 e. The van der Waals surface area contributed by atoms with Crippen LogP contribution in [0.25, 0.3) is 0 Å². The van der Waals surface area contributed by atoms with Crippen molar-refractivity contribution in [1.29, 1.82) is 0 Å². The van der Waals surface area contributed by atoms with E-state index in [4.69, 9.17) is 16.3 Å². The molecule has 0 saturated carbocycles. The Bertz CT molecular complexity index is 884. The van der Waals surface area contributed by atoms with E-state index in [-0.39, 0.29) is 16.6 Å². The van der Waals surface area contributed by atoms with E-state index in [1.807, 2.05) is 19.2 Å². The lowest BCUT2D eigenvalue weighted by atomic mass is 10.2. The van der Waals surface area contributed by atoms with E-state index in [1.165, 1.54) is 4.68 Å². The molecule has 6 nitrogen and oxygen atoms in total. The van der Waals surface area contributed by atoms with Crippen molar-refractivity contribution in [3.63, 3.8) is 0 Å². The molecule has 0 unspecified atom stereocenters. The lowest BCUT2D eigenvalue weighted by Gasteiger charge is -2.08. The van der Waals surface area contributed by atoms with Crippen LogP contribution in [0.3, 0.4) is 0 Å². The van der Waals surface area contributed by atoms with E-state index in [1.54, 1.807) is 6.92 Å². The summed E-state index contributed by atoms with van der Waals surface area (Å²) in [5.74, 6) is -6.23. The lowest BCUT2D eigenvalue weighted by molar-refractivity contribution is -0.119. The van der Waals surface area contributed by atoms with Crippen molar-refractivity contribution >= 4 is 29.2 Å². The smallest absolute Gasteiger partial charge is 0.343 e. The molecule has 0 fully saturated rings. The van der Waals surface area contributed by atoms with Gasteiger partial charge in [-0.3, -0.25) is 9.48 Å². The Morgan fingerprint density at radius 3 is 2.56 bits per heavy atom. The quantitative estimate of drug-likeness (QED) is 0.589. The van der Waals surface area contributed by atoms with Gasteiger partial charge < -0.3 is 10.1 Å². The zero-order valence-corrected chi connectivity index (χ0v) is 15.5. The lowest BCUT2D eigenvalue weighted by Crippen LogP contribution is -2.22. The van der Waals surface area contributed by atoms with Crippen LogP contribution in [0.4, 0.5) is 18.9 Å². The van der Waals surface area contributed by atoms with E-state index >= 15 is 0 Å². The first-order valence-electron chi connectivity index (χ1n) is 7.95. The Morgan fingerprint density at radius 1 is 1.26 bits per heavy atom. The molecule has 1 N–H and O–H groups in total. The molecule has 10 heteroatoms. The maximum atomic E-state index is 13.5. The van der Waals surface area contributed by atoms with Crippen molar-refractivity contribution in [2.75, 3.05) is 11.9 Å². The molecule has 0 aliphatic heterocycles. The summed E-state index contributed by atoms with van der Waals surface area (Å²) in [5.41, 5.74) is -0.226. The number of aryl methyl sites for hydroxylation is 1. The number of rotatable bonds is 6. The number of esters is 1. The first-order chi connectivity index (χ1) is 12.6. The Kier molecular flexibility index (Phi) is 6.48. The fourth-order valence-electron chi connectivity index (χ4n) is 2.26. The topological polar surface area (TPSA) is 73.2 Å². The van der Waals surface area contributed by atoms with Gasteiger partial charge in [0.2, 0.25) is 0 Å². The van der Waals surface area contributed by atoms with Crippen molar-refractivity contribution in [3.8, 4) is 0 Å². The predicted octanol–water partition coefficient (Wildman–Crippen LogP) is 3.71. The van der Waals surface area contributed by atoms with Crippen molar-refractivity contribution in [1.82, 2.24) is 9.78 Å². The van der Waals surface area contributed by atoms with Gasteiger partial charge in [-0.25, -0.2) is 18.0 Å². The van der Waals surface area contributed by atoms with Crippen LogP contribution in [-0.2, 0) is 16.1 Å². The van der Waals surface area contributed by atoms with Gasteiger partial charge in [-0.05, 0) is 25.0 Å². The molecular weight excluding hydrogens is 387 g/mol. The number of amides is 1. The SMILES string of the molecule is Cc1nn(CC(C)C)c(Cl)c1C(=O)OCC(=O)Nc1ccc(F)c(F)c1F. The molecular formula is C17H17ClF3N3O3. The molecule has 2 aromatic rings. The monoisotopic (exact) mass is 403 g/mol. The first kappa shape index (κ1) is 20.8. The second-order valence-corrected chi connectivity index (χ2v) is 6.53. The number of carbonyl (C=O) groups excluding carboxylic acids is 2. The highest BCUT2D eigenvalue weighted by molar-refractivity contribution is 6.32. The highest BCUT2D eigenvalue weighted by Gasteiger charge is 2.23. The molecule has 1 amide bonds. The fourth-order valence-corrected chi connectivity index (χ4v) is 2.58. The maximum absolute atomic E-state index is 13.5. The summed E-state index contributed by atoms with van der Waals surface area (Å²) in [6.45, 7) is 5.18. The number of hydrogen-bond donors (Lipinski definition) is 1. The number of halogens is 4. The van der Waals surface area contributed by atoms with E-state index in [0.29, 0.717) is 18.3 Å². The molecule has 1 aromatic carbocycles. The van der Waals surface area contributed by atoms with Gasteiger partial charge in [0, 0.05) is 6.54 Å². The standard InChI is InChI=1S/C17H17ClF3N3O3/c1-8(2)6-24-16(18)13(9(3)23-24)17(26)27-7-12(25)22-11-5-4-10(19)14(20)15(11)21/h4-5,8H,6-7H2,1-3H3,(H,22,25). The number of nitrogens with one attached hydrogen (secondary N) is 1. The number of hydrogen-bond acceptors (Lipinski definition) is 4. The van der Waals surface area contributed by atoms with Crippen molar-refractivity contribution in [3.05, 3.63) is 46.0 Å². The number of ether oxygens (including phenoxy) is 1. The average molecular weight is 404 g/mol. The van der Waals surface area contributed by atoms with Crippen molar-refractivity contribution in [2.45, 2.75) is 27.3 Å². The third kappa shape index (κ3) is 4.79. The molecule has 0 spiro atoms. The Morgan fingerprint density at radius 2 is 1.93 bits per heavy atom. The number of nitrogens with zero attached hydrogens (tertiary/aromatic N) is 2. The van der Waals surface area contributed by atoms with Gasteiger partial charge in [-0.15, -0.1) is 0 Å². The van der Waals surface area contributed by atoms with Crippen molar-refractivity contribution < 1.29 is 27.5 Å². The number of carbonyl (C=O) groups is 2. The van der Waals surface area contributed by atoms with Gasteiger partial charge in [0.25, 0.3) is 5.91 Å². The molecule has 0 saturated heterocycles. The largest absolute Gasteiger partial charge is 0.452 e. The molecule has 146 valence electrons. The molecule has 27 heavy (non-hydrogen) atoms. The van der Waals surface area contributed by atoms with Crippen LogP contribution in [0.15, 0.2) is 12.1 Å². The van der Waals surface area contributed by atoms with Crippen LogP contribution in [-0.4, -0.2) is 28.3 Å². The summed E-state index contributed by atoms with van der Waals surface area (Å²) in [6, 6.07) is 1.51. The van der Waals surface area contributed by atoms with E-state index in [9.17, 15) is 22.8 Å². The zero-order chi connectivity index (χ0) is 20.3. The van der Waals surface area contributed by atoms with Gasteiger partial charge in [-0.2, -0.15) is 5.10 Å². The van der Waals surface area contributed by atoms with Gasteiger partial charge in [-0.1, -0.05) is 25.4 Å². The zero-order valence-electron chi connectivity index (χ0n) is 14.8.